The van der Waals surface area contributed by atoms with E-state index >= 15 is 0 Å². The Morgan fingerprint density at radius 3 is 2.88 bits per heavy atom. The first-order valence-electron chi connectivity index (χ1n) is 11.9. The third-order valence-corrected chi connectivity index (χ3v) is 7.09. The number of aliphatic hydroxyl groups is 1. The molecule has 2 heterocycles. The lowest BCUT2D eigenvalue weighted by Gasteiger charge is -2.36. The Kier molecular flexibility index (Phi) is 6.39. The summed E-state index contributed by atoms with van der Waals surface area (Å²) in [5, 5.41) is 18.8. The third kappa shape index (κ3) is 5.00. The molecular weight excluding hydrogens is 430 g/mol. The Morgan fingerprint density at radius 2 is 2.06 bits per heavy atom. The van der Waals surface area contributed by atoms with Crippen molar-refractivity contribution in [1.29, 1.82) is 0 Å². The Bertz CT molecular complexity index is 1190. The molecule has 0 atom stereocenters. The van der Waals surface area contributed by atoms with Crippen molar-refractivity contribution in [3.63, 3.8) is 0 Å². The van der Waals surface area contributed by atoms with E-state index in [9.17, 15) is 9.90 Å². The average Bonchev–Trinajstić information content (AvgIpc) is 2.86. The largest absolute Gasteiger partial charge is 0.497 e. The molecule has 3 N–H and O–H groups in total. The zero-order valence-electron chi connectivity index (χ0n) is 19.5. The number of benzene rings is 2. The van der Waals surface area contributed by atoms with Crippen LogP contribution in [0.4, 0.5) is 5.69 Å². The van der Waals surface area contributed by atoms with Gasteiger partial charge in [-0.15, -0.1) is 0 Å². The maximum Gasteiger partial charge on any atom is 0.262 e. The second kappa shape index (κ2) is 9.60. The van der Waals surface area contributed by atoms with Crippen LogP contribution in [0.25, 0.3) is 10.9 Å². The van der Waals surface area contributed by atoms with Crippen LogP contribution in [-0.4, -0.2) is 41.4 Å². The number of rotatable bonds is 7. The van der Waals surface area contributed by atoms with Crippen molar-refractivity contribution in [2.45, 2.75) is 56.7 Å². The second-order valence-corrected chi connectivity index (χ2v) is 9.40. The SMILES string of the molecule is COc1ccc2nccc(CC[C@]3(O)CC[C@@H](NCc4ccc5c(c4)NC(=O)CO5)CC3)c2c1. The van der Waals surface area contributed by atoms with Gasteiger partial charge in [0.25, 0.3) is 5.91 Å². The van der Waals surface area contributed by atoms with Gasteiger partial charge in [-0.05, 0) is 86.1 Å². The first-order valence-corrected chi connectivity index (χ1v) is 11.9. The fraction of sp³-hybridized carbons (Fsp3) is 0.407. The molecule has 0 bridgehead atoms. The molecule has 0 saturated heterocycles. The van der Waals surface area contributed by atoms with E-state index in [0.29, 0.717) is 11.8 Å². The monoisotopic (exact) mass is 461 g/mol. The number of ether oxygens (including phenoxy) is 2. The minimum Gasteiger partial charge on any atom is -0.497 e. The number of aromatic nitrogens is 1. The van der Waals surface area contributed by atoms with Crippen molar-refractivity contribution in [2.24, 2.45) is 0 Å². The molecule has 34 heavy (non-hydrogen) atoms. The molecule has 0 spiro atoms. The molecule has 1 aromatic heterocycles. The van der Waals surface area contributed by atoms with Crippen LogP contribution in [0.3, 0.4) is 0 Å². The van der Waals surface area contributed by atoms with Gasteiger partial charge in [-0.1, -0.05) is 6.07 Å². The number of carbonyl (C=O) groups is 1. The van der Waals surface area contributed by atoms with E-state index in [1.54, 1.807) is 7.11 Å². The molecule has 1 aliphatic heterocycles. The highest BCUT2D eigenvalue weighted by molar-refractivity contribution is 5.95. The summed E-state index contributed by atoms with van der Waals surface area (Å²) >= 11 is 0. The predicted octanol–water partition coefficient (Wildman–Crippen LogP) is 3.97. The topological polar surface area (TPSA) is 92.7 Å². The van der Waals surface area contributed by atoms with Gasteiger partial charge in [0.15, 0.2) is 6.61 Å². The van der Waals surface area contributed by atoms with Crippen LogP contribution in [0.15, 0.2) is 48.7 Å². The number of nitrogens with zero attached hydrogens (tertiary/aromatic N) is 1. The smallest absolute Gasteiger partial charge is 0.262 e. The molecule has 1 aliphatic carbocycles. The molecule has 0 radical (unpaired) electrons. The summed E-state index contributed by atoms with van der Waals surface area (Å²) in [6.07, 6.45) is 6.83. The number of hydrogen-bond acceptors (Lipinski definition) is 6. The van der Waals surface area contributed by atoms with E-state index in [2.05, 4.69) is 15.6 Å². The van der Waals surface area contributed by atoms with Crippen LogP contribution in [0.1, 0.15) is 43.2 Å². The van der Waals surface area contributed by atoms with Crippen molar-refractivity contribution >= 4 is 22.5 Å². The van der Waals surface area contributed by atoms with Crippen molar-refractivity contribution in [1.82, 2.24) is 10.3 Å². The van der Waals surface area contributed by atoms with E-state index in [-0.39, 0.29) is 12.5 Å². The highest BCUT2D eigenvalue weighted by Gasteiger charge is 2.32. The summed E-state index contributed by atoms with van der Waals surface area (Å²) in [6, 6.07) is 14.2. The van der Waals surface area contributed by atoms with Crippen LogP contribution in [0.5, 0.6) is 11.5 Å². The molecule has 1 fully saturated rings. The van der Waals surface area contributed by atoms with Gasteiger partial charge < -0.3 is 25.2 Å². The molecule has 1 amide bonds. The number of pyridine rings is 1. The van der Waals surface area contributed by atoms with Crippen LogP contribution in [-0.2, 0) is 17.8 Å². The summed E-state index contributed by atoms with van der Waals surface area (Å²) in [5.74, 6) is 1.41. The lowest BCUT2D eigenvalue weighted by atomic mass is 9.78. The Hall–Kier alpha value is -3.16. The van der Waals surface area contributed by atoms with Gasteiger partial charge in [0.1, 0.15) is 11.5 Å². The van der Waals surface area contributed by atoms with Gasteiger partial charge in [-0.3, -0.25) is 9.78 Å². The van der Waals surface area contributed by atoms with Gasteiger partial charge in [0, 0.05) is 24.2 Å². The fourth-order valence-corrected chi connectivity index (χ4v) is 5.01. The Balaban J connectivity index is 1.14. The van der Waals surface area contributed by atoms with Crippen LogP contribution in [0.2, 0.25) is 0 Å². The van der Waals surface area contributed by atoms with Crippen molar-refractivity contribution < 1.29 is 19.4 Å². The first-order chi connectivity index (χ1) is 16.5. The van der Waals surface area contributed by atoms with E-state index < -0.39 is 5.60 Å². The zero-order valence-corrected chi connectivity index (χ0v) is 19.5. The number of nitrogens with one attached hydrogen (secondary N) is 2. The summed E-state index contributed by atoms with van der Waals surface area (Å²) in [6.45, 7) is 0.790. The van der Waals surface area contributed by atoms with E-state index in [0.717, 1.165) is 73.0 Å². The Morgan fingerprint density at radius 1 is 1.21 bits per heavy atom. The zero-order chi connectivity index (χ0) is 23.5. The lowest BCUT2D eigenvalue weighted by Crippen LogP contribution is -2.41. The third-order valence-electron chi connectivity index (χ3n) is 7.09. The highest BCUT2D eigenvalue weighted by atomic mass is 16.5. The maximum atomic E-state index is 11.6. The normalized spacial score (nSPS) is 22.1. The van der Waals surface area contributed by atoms with Crippen molar-refractivity contribution in [3.05, 3.63) is 59.8 Å². The van der Waals surface area contributed by atoms with Gasteiger partial charge in [-0.2, -0.15) is 0 Å². The van der Waals surface area contributed by atoms with E-state index in [1.165, 1.54) is 5.56 Å². The predicted molar refractivity (Wildman–Crippen MR) is 131 cm³/mol. The summed E-state index contributed by atoms with van der Waals surface area (Å²) in [5.41, 5.74) is 3.34. The fourth-order valence-electron chi connectivity index (χ4n) is 5.01. The number of aryl methyl sites for hydroxylation is 1. The van der Waals surface area contributed by atoms with Crippen LogP contribution in [0, 0.1) is 0 Å². The van der Waals surface area contributed by atoms with Gasteiger partial charge >= 0.3 is 0 Å². The van der Waals surface area contributed by atoms with Gasteiger partial charge in [0.2, 0.25) is 0 Å². The van der Waals surface area contributed by atoms with Gasteiger partial charge in [-0.25, -0.2) is 0 Å². The molecule has 7 nitrogen and oxygen atoms in total. The van der Waals surface area contributed by atoms with Crippen LogP contribution >= 0.6 is 0 Å². The first kappa shape index (κ1) is 22.6. The minimum absolute atomic E-state index is 0.0706. The summed E-state index contributed by atoms with van der Waals surface area (Å²) in [7, 11) is 1.67. The summed E-state index contributed by atoms with van der Waals surface area (Å²) < 4.78 is 10.8. The number of carbonyl (C=O) groups excluding carboxylic acids is 1. The molecular formula is C27H31N3O4. The van der Waals surface area contributed by atoms with E-state index in [1.807, 2.05) is 48.7 Å². The van der Waals surface area contributed by atoms with Crippen molar-refractivity contribution in [3.8, 4) is 11.5 Å². The van der Waals surface area contributed by atoms with E-state index in [4.69, 9.17) is 9.47 Å². The molecule has 5 rings (SSSR count). The molecule has 7 heteroatoms. The lowest BCUT2D eigenvalue weighted by molar-refractivity contribution is -0.118. The number of hydrogen-bond donors (Lipinski definition) is 3. The highest BCUT2D eigenvalue weighted by Crippen LogP contribution is 2.34. The molecule has 2 aromatic carbocycles. The average molecular weight is 462 g/mol. The molecule has 178 valence electrons. The Labute approximate surface area is 199 Å². The quantitative estimate of drug-likeness (QED) is 0.493. The number of fused-ring (bicyclic) bond motifs is 2. The minimum atomic E-state index is -0.639. The van der Waals surface area contributed by atoms with Crippen molar-refractivity contribution in [2.75, 3.05) is 19.0 Å². The molecule has 2 aliphatic rings. The van der Waals surface area contributed by atoms with Crippen LogP contribution < -0.4 is 20.1 Å². The molecule has 0 unspecified atom stereocenters. The standard InChI is InChI=1S/C27H31N3O4/c1-33-21-3-4-23-22(15-21)19(9-13-28-23)6-10-27(32)11-7-20(8-12-27)29-16-18-2-5-25-24(14-18)30-26(31)17-34-25/h2-5,9,13-15,20,29,32H,6-8,10-12,16-17H2,1H3,(H,30,31)/t20-,27+. The number of anilines is 1. The molecule has 3 aromatic rings. The number of methoxy groups -OCH3 is 1. The maximum absolute atomic E-state index is 11.6. The second-order valence-electron chi connectivity index (χ2n) is 9.40. The van der Waals surface area contributed by atoms with Gasteiger partial charge in [0.05, 0.1) is 23.9 Å². The number of amides is 1. The molecule has 1 saturated carbocycles. The summed E-state index contributed by atoms with van der Waals surface area (Å²) in [4.78, 5) is 16.0.